The van der Waals surface area contributed by atoms with Crippen LogP contribution >= 0.6 is 0 Å². The molecule has 0 radical (unpaired) electrons. The molecule has 4 heteroatoms. The van der Waals surface area contributed by atoms with Gasteiger partial charge in [0, 0.05) is 12.2 Å². The van der Waals surface area contributed by atoms with E-state index >= 15 is 0 Å². The Morgan fingerprint density at radius 2 is 1.93 bits per heavy atom. The predicted octanol–water partition coefficient (Wildman–Crippen LogP) is 1.41. The molecule has 0 bridgehead atoms. The van der Waals surface area contributed by atoms with Gasteiger partial charge >= 0.3 is 6.03 Å². The van der Waals surface area contributed by atoms with Crippen LogP contribution in [0.4, 0.5) is 10.5 Å². The molecule has 1 aromatic rings. The van der Waals surface area contributed by atoms with Gasteiger partial charge in [-0.05, 0) is 12.1 Å². The van der Waals surface area contributed by atoms with E-state index in [2.05, 4.69) is 0 Å². The van der Waals surface area contributed by atoms with Crippen molar-refractivity contribution in [1.29, 1.82) is 5.26 Å². The van der Waals surface area contributed by atoms with Crippen molar-refractivity contribution >= 4 is 11.7 Å². The van der Waals surface area contributed by atoms with Crippen LogP contribution in [0, 0.1) is 11.5 Å². The fourth-order valence-electron chi connectivity index (χ4n) is 1.48. The van der Waals surface area contributed by atoms with Crippen LogP contribution in [-0.2, 0) is 0 Å². The molecule has 1 saturated heterocycles. The molecule has 0 aromatic heterocycles. The number of anilines is 1. The Kier molecular flexibility index (Phi) is 2.07. The fraction of sp³-hybridized carbons (Fsp3) is 0.200. The van der Waals surface area contributed by atoms with Crippen LogP contribution in [0.1, 0.15) is 0 Å². The third-order valence-electron chi connectivity index (χ3n) is 2.20. The highest BCUT2D eigenvalue weighted by Crippen LogP contribution is 2.18. The zero-order chi connectivity index (χ0) is 9.97. The van der Waals surface area contributed by atoms with Crippen LogP contribution in [0.25, 0.3) is 0 Å². The molecule has 1 aliphatic rings. The van der Waals surface area contributed by atoms with Gasteiger partial charge in [0.25, 0.3) is 0 Å². The van der Waals surface area contributed by atoms with Gasteiger partial charge in [-0.25, -0.2) is 9.69 Å². The van der Waals surface area contributed by atoms with Crippen molar-refractivity contribution < 1.29 is 4.79 Å². The van der Waals surface area contributed by atoms with E-state index in [4.69, 9.17) is 5.26 Å². The predicted molar refractivity (Wildman–Crippen MR) is 51.5 cm³/mol. The van der Waals surface area contributed by atoms with Crippen molar-refractivity contribution in [3.8, 4) is 6.19 Å². The minimum atomic E-state index is -0.237. The molecule has 0 atom stereocenters. The third-order valence-corrected chi connectivity index (χ3v) is 2.20. The topological polar surface area (TPSA) is 47.3 Å². The molecule has 0 unspecified atom stereocenters. The molecule has 0 aliphatic carbocycles. The van der Waals surface area contributed by atoms with E-state index in [-0.39, 0.29) is 6.03 Å². The lowest BCUT2D eigenvalue weighted by Gasteiger charge is -2.14. The van der Waals surface area contributed by atoms with Crippen LogP contribution in [0.5, 0.6) is 0 Å². The molecule has 2 rings (SSSR count). The number of carbonyl (C=O) groups excluding carboxylic acids is 1. The normalized spacial score (nSPS) is 15.8. The minimum Gasteiger partial charge on any atom is -0.292 e. The Hall–Kier alpha value is -2.02. The van der Waals surface area contributed by atoms with Gasteiger partial charge in [0.05, 0.1) is 6.54 Å². The smallest absolute Gasteiger partial charge is 0.292 e. The number of hydrogen-bond acceptors (Lipinski definition) is 2. The number of hydrogen-bond donors (Lipinski definition) is 0. The largest absolute Gasteiger partial charge is 0.337 e. The summed E-state index contributed by atoms with van der Waals surface area (Å²) in [4.78, 5) is 14.3. The summed E-state index contributed by atoms with van der Waals surface area (Å²) in [6.45, 7) is 1.06. The number of nitrogens with zero attached hydrogens (tertiary/aromatic N) is 3. The lowest BCUT2D eigenvalue weighted by molar-refractivity contribution is 0.235. The highest BCUT2D eigenvalue weighted by Gasteiger charge is 2.29. The van der Waals surface area contributed by atoms with Gasteiger partial charge in [-0.1, -0.05) is 18.2 Å². The molecule has 1 fully saturated rings. The first kappa shape index (κ1) is 8.57. The van der Waals surface area contributed by atoms with E-state index in [1.807, 2.05) is 36.5 Å². The van der Waals surface area contributed by atoms with Crippen LogP contribution in [0.15, 0.2) is 30.3 Å². The molecule has 0 spiro atoms. The lowest BCUT2D eigenvalue weighted by atomic mass is 10.3. The van der Waals surface area contributed by atoms with E-state index in [9.17, 15) is 4.79 Å². The van der Waals surface area contributed by atoms with E-state index in [0.717, 1.165) is 10.6 Å². The standard InChI is InChI=1S/C10H9N3O/c11-8-12-6-7-13(10(12)14)9-4-2-1-3-5-9/h1-5H,6-7H2. The van der Waals surface area contributed by atoms with Gasteiger partial charge in [0.15, 0.2) is 6.19 Å². The third kappa shape index (κ3) is 1.29. The molecule has 2 amide bonds. The summed E-state index contributed by atoms with van der Waals surface area (Å²) < 4.78 is 0. The number of rotatable bonds is 1. The van der Waals surface area contributed by atoms with Crippen molar-refractivity contribution in [2.45, 2.75) is 0 Å². The number of urea groups is 1. The average Bonchev–Trinajstić information content (AvgIpc) is 2.61. The van der Waals surface area contributed by atoms with Crippen molar-refractivity contribution in [3.05, 3.63) is 30.3 Å². The van der Waals surface area contributed by atoms with E-state index in [1.54, 1.807) is 4.90 Å². The van der Waals surface area contributed by atoms with Crippen LogP contribution in [-0.4, -0.2) is 24.0 Å². The van der Waals surface area contributed by atoms with Gasteiger partial charge < -0.3 is 0 Å². The van der Waals surface area contributed by atoms with Gasteiger partial charge in [0.2, 0.25) is 0 Å². The quantitative estimate of drug-likeness (QED) is 0.624. The summed E-state index contributed by atoms with van der Waals surface area (Å²) in [7, 11) is 0. The van der Waals surface area contributed by atoms with Gasteiger partial charge in [-0.3, -0.25) is 4.90 Å². The minimum absolute atomic E-state index is 0.237. The summed E-state index contributed by atoms with van der Waals surface area (Å²) in [5, 5.41) is 8.63. The average molecular weight is 187 g/mol. The summed E-state index contributed by atoms with van der Waals surface area (Å²) in [6, 6.07) is 9.12. The van der Waals surface area contributed by atoms with Gasteiger partial charge in [0.1, 0.15) is 0 Å². The zero-order valence-corrected chi connectivity index (χ0v) is 7.55. The Balaban J connectivity index is 2.24. The van der Waals surface area contributed by atoms with Crippen molar-refractivity contribution in [2.24, 2.45) is 0 Å². The van der Waals surface area contributed by atoms with E-state index in [0.29, 0.717) is 13.1 Å². The lowest BCUT2D eigenvalue weighted by Crippen LogP contribution is -2.28. The number of benzene rings is 1. The maximum atomic E-state index is 11.6. The molecule has 4 nitrogen and oxygen atoms in total. The number of amides is 2. The summed E-state index contributed by atoms with van der Waals surface area (Å²) in [6.07, 6.45) is 1.86. The number of para-hydroxylation sites is 1. The highest BCUT2D eigenvalue weighted by atomic mass is 16.2. The zero-order valence-electron chi connectivity index (χ0n) is 7.55. The van der Waals surface area contributed by atoms with Crippen LogP contribution in [0.2, 0.25) is 0 Å². The van der Waals surface area contributed by atoms with Crippen molar-refractivity contribution in [2.75, 3.05) is 18.0 Å². The first-order valence-corrected chi connectivity index (χ1v) is 4.37. The van der Waals surface area contributed by atoms with Crippen molar-refractivity contribution in [3.63, 3.8) is 0 Å². The first-order chi connectivity index (χ1) is 6.83. The molecule has 14 heavy (non-hydrogen) atoms. The van der Waals surface area contributed by atoms with Gasteiger partial charge in [-0.2, -0.15) is 5.26 Å². The molecule has 1 heterocycles. The molecule has 70 valence electrons. The Morgan fingerprint density at radius 1 is 1.21 bits per heavy atom. The van der Waals surface area contributed by atoms with E-state index < -0.39 is 0 Å². The molecule has 1 aliphatic heterocycles. The second kappa shape index (κ2) is 3.38. The molecular formula is C10H9N3O. The monoisotopic (exact) mass is 187 g/mol. The van der Waals surface area contributed by atoms with Gasteiger partial charge in [-0.15, -0.1) is 0 Å². The van der Waals surface area contributed by atoms with E-state index in [1.165, 1.54) is 0 Å². The second-order valence-electron chi connectivity index (χ2n) is 3.02. The summed E-state index contributed by atoms with van der Waals surface area (Å²) >= 11 is 0. The molecular weight excluding hydrogens is 178 g/mol. The Labute approximate surface area is 82.0 Å². The SMILES string of the molecule is N#CN1CCN(c2ccccc2)C1=O. The maximum Gasteiger partial charge on any atom is 0.337 e. The number of carbonyl (C=O) groups is 1. The molecule has 0 saturated carbocycles. The summed E-state index contributed by atoms with van der Waals surface area (Å²) in [5.41, 5.74) is 0.843. The number of nitriles is 1. The highest BCUT2D eigenvalue weighted by molar-refractivity contribution is 5.94. The molecule has 1 aromatic carbocycles. The van der Waals surface area contributed by atoms with Crippen molar-refractivity contribution in [1.82, 2.24) is 4.90 Å². The first-order valence-electron chi connectivity index (χ1n) is 4.37. The Bertz CT molecular complexity index is 382. The second-order valence-corrected chi connectivity index (χ2v) is 3.02. The van der Waals surface area contributed by atoms with Crippen LogP contribution < -0.4 is 4.90 Å². The Morgan fingerprint density at radius 3 is 2.50 bits per heavy atom. The maximum absolute atomic E-state index is 11.6. The van der Waals surface area contributed by atoms with Crippen LogP contribution in [0.3, 0.4) is 0 Å². The fourth-order valence-corrected chi connectivity index (χ4v) is 1.48. The molecule has 0 N–H and O–H groups in total. The summed E-state index contributed by atoms with van der Waals surface area (Å²) in [5.74, 6) is 0.